The van der Waals surface area contributed by atoms with E-state index in [2.05, 4.69) is 17.1 Å². The number of pyridine rings is 1. The minimum atomic E-state index is 0.0427. The molecule has 0 aliphatic heterocycles. The summed E-state index contributed by atoms with van der Waals surface area (Å²) in [7, 11) is 1.61. The first kappa shape index (κ1) is 11.6. The van der Waals surface area contributed by atoms with Gasteiger partial charge in [0.25, 0.3) is 0 Å². The third-order valence-corrected chi connectivity index (χ3v) is 2.69. The van der Waals surface area contributed by atoms with Crippen LogP contribution in [0.25, 0.3) is 11.1 Å². The smallest absolute Gasteiger partial charge is 0.212 e. The zero-order valence-electron chi connectivity index (χ0n) is 10.1. The Morgan fingerprint density at radius 3 is 2.59 bits per heavy atom. The van der Waals surface area contributed by atoms with Crippen molar-refractivity contribution < 1.29 is 4.74 Å². The molecule has 0 amide bonds. The van der Waals surface area contributed by atoms with Gasteiger partial charge in [0.1, 0.15) is 0 Å². The van der Waals surface area contributed by atoms with Crippen molar-refractivity contribution in [2.24, 2.45) is 5.73 Å². The van der Waals surface area contributed by atoms with Crippen LogP contribution in [0.15, 0.2) is 42.6 Å². The molecule has 1 aromatic heterocycles. The molecule has 2 N–H and O–H groups in total. The number of nitrogens with zero attached hydrogens (tertiary/aromatic N) is 1. The van der Waals surface area contributed by atoms with Crippen molar-refractivity contribution in [1.29, 1.82) is 0 Å². The zero-order chi connectivity index (χ0) is 12.3. The number of methoxy groups -OCH3 is 1. The standard InChI is InChI=1S/C14H16N2O/c1-10(15)11-4-3-5-12(8-11)13-6-7-14(17-2)16-9-13/h3-10H,15H2,1-2H3/t10-/m1/s1. The third-order valence-electron chi connectivity index (χ3n) is 2.69. The van der Waals surface area contributed by atoms with Gasteiger partial charge in [-0.2, -0.15) is 0 Å². The molecule has 0 bridgehead atoms. The molecule has 0 radical (unpaired) electrons. The number of benzene rings is 1. The molecule has 17 heavy (non-hydrogen) atoms. The molecular weight excluding hydrogens is 212 g/mol. The van der Waals surface area contributed by atoms with Crippen LogP contribution in [0.5, 0.6) is 5.88 Å². The molecule has 0 fully saturated rings. The van der Waals surface area contributed by atoms with Crippen LogP contribution in [0.3, 0.4) is 0 Å². The fourth-order valence-corrected chi connectivity index (χ4v) is 1.67. The minimum Gasteiger partial charge on any atom is -0.481 e. The predicted molar refractivity (Wildman–Crippen MR) is 68.8 cm³/mol. The average molecular weight is 228 g/mol. The SMILES string of the molecule is COc1ccc(-c2cccc([C@@H](C)N)c2)cn1. The lowest BCUT2D eigenvalue weighted by Gasteiger charge is -2.08. The van der Waals surface area contributed by atoms with Gasteiger partial charge in [0.05, 0.1) is 7.11 Å². The first-order valence-corrected chi connectivity index (χ1v) is 5.56. The van der Waals surface area contributed by atoms with Gasteiger partial charge >= 0.3 is 0 Å². The summed E-state index contributed by atoms with van der Waals surface area (Å²) >= 11 is 0. The topological polar surface area (TPSA) is 48.1 Å². The molecule has 2 aromatic rings. The van der Waals surface area contributed by atoms with Gasteiger partial charge in [0.15, 0.2) is 0 Å². The van der Waals surface area contributed by atoms with Crippen LogP contribution in [0, 0.1) is 0 Å². The van der Waals surface area contributed by atoms with Gasteiger partial charge in [-0.15, -0.1) is 0 Å². The minimum absolute atomic E-state index is 0.0427. The van der Waals surface area contributed by atoms with Gasteiger partial charge in [-0.3, -0.25) is 0 Å². The second-order valence-corrected chi connectivity index (χ2v) is 4.00. The van der Waals surface area contributed by atoms with E-state index in [4.69, 9.17) is 10.5 Å². The Morgan fingerprint density at radius 2 is 2.00 bits per heavy atom. The van der Waals surface area contributed by atoms with Crippen molar-refractivity contribution in [3.63, 3.8) is 0 Å². The van der Waals surface area contributed by atoms with E-state index in [-0.39, 0.29) is 6.04 Å². The van der Waals surface area contributed by atoms with Crippen molar-refractivity contribution in [2.45, 2.75) is 13.0 Å². The number of hydrogen-bond acceptors (Lipinski definition) is 3. The molecule has 3 heteroatoms. The Kier molecular flexibility index (Phi) is 3.40. The van der Waals surface area contributed by atoms with Gasteiger partial charge in [0.2, 0.25) is 5.88 Å². The third kappa shape index (κ3) is 2.63. The lowest BCUT2D eigenvalue weighted by Crippen LogP contribution is -2.04. The van der Waals surface area contributed by atoms with Gasteiger partial charge < -0.3 is 10.5 Å². The van der Waals surface area contributed by atoms with Crippen LogP contribution in [0.4, 0.5) is 0 Å². The van der Waals surface area contributed by atoms with E-state index in [9.17, 15) is 0 Å². The Hall–Kier alpha value is -1.87. The lowest BCUT2D eigenvalue weighted by molar-refractivity contribution is 0.398. The molecule has 88 valence electrons. The molecule has 3 nitrogen and oxygen atoms in total. The Balaban J connectivity index is 2.35. The zero-order valence-corrected chi connectivity index (χ0v) is 10.1. The highest BCUT2D eigenvalue weighted by molar-refractivity contribution is 5.63. The summed E-state index contributed by atoms with van der Waals surface area (Å²) in [6.07, 6.45) is 1.80. The van der Waals surface area contributed by atoms with Gasteiger partial charge in [-0.05, 0) is 30.2 Å². The average Bonchev–Trinajstić information content (AvgIpc) is 2.39. The van der Waals surface area contributed by atoms with Crippen LogP contribution in [0.1, 0.15) is 18.5 Å². The predicted octanol–water partition coefficient (Wildman–Crippen LogP) is 2.78. The van der Waals surface area contributed by atoms with Crippen LogP contribution < -0.4 is 10.5 Å². The second-order valence-electron chi connectivity index (χ2n) is 4.00. The lowest BCUT2D eigenvalue weighted by atomic mass is 10.0. The van der Waals surface area contributed by atoms with E-state index in [1.54, 1.807) is 13.3 Å². The van der Waals surface area contributed by atoms with E-state index < -0.39 is 0 Å². The summed E-state index contributed by atoms with van der Waals surface area (Å²) in [5.74, 6) is 0.622. The molecule has 1 atom stereocenters. The Morgan fingerprint density at radius 1 is 1.18 bits per heavy atom. The van der Waals surface area contributed by atoms with E-state index in [1.807, 2.05) is 31.2 Å². The maximum atomic E-state index is 5.87. The van der Waals surface area contributed by atoms with Gasteiger partial charge in [-0.25, -0.2) is 4.98 Å². The van der Waals surface area contributed by atoms with E-state index in [1.165, 1.54) is 0 Å². The summed E-state index contributed by atoms with van der Waals surface area (Å²) in [6, 6.07) is 12.1. The number of rotatable bonds is 3. The van der Waals surface area contributed by atoms with E-state index in [0.717, 1.165) is 16.7 Å². The number of ether oxygens (including phenoxy) is 1. The highest BCUT2D eigenvalue weighted by atomic mass is 16.5. The summed E-state index contributed by atoms with van der Waals surface area (Å²) < 4.78 is 5.04. The molecule has 2 rings (SSSR count). The second kappa shape index (κ2) is 4.97. The summed E-state index contributed by atoms with van der Waals surface area (Å²) in [5, 5.41) is 0. The monoisotopic (exact) mass is 228 g/mol. The Bertz CT molecular complexity index is 492. The molecule has 0 aliphatic carbocycles. The number of nitrogens with two attached hydrogens (primary N) is 1. The maximum Gasteiger partial charge on any atom is 0.212 e. The van der Waals surface area contributed by atoms with Crippen LogP contribution in [-0.2, 0) is 0 Å². The quantitative estimate of drug-likeness (QED) is 0.878. The van der Waals surface area contributed by atoms with Crippen molar-refractivity contribution in [2.75, 3.05) is 7.11 Å². The fourth-order valence-electron chi connectivity index (χ4n) is 1.67. The van der Waals surface area contributed by atoms with Crippen LogP contribution in [0.2, 0.25) is 0 Å². The molecule has 0 saturated carbocycles. The summed E-state index contributed by atoms with van der Waals surface area (Å²) in [6.45, 7) is 1.98. The van der Waals surface area contributed by atoms with Crippen LogP contribution >= 0.6 is 0 Å². The van der Waals surface area contributed by atoms with E-state index >= 15 is 0 Å². The van der Waals surface area contributed by atoms with E-state index in [0.29, 0.717) is 5.88 Å². The normalized spacial score (nSPS) is 12.2. The molecule has 0 saturated heterocycles. The number of hydrogen-bond donors (Lipinski definition) is 1. The maximum absolute atomic E-state index is 5.87. The molecule has 1 aromatic carbocycles. The van der Waals surface area contributed by atoms with Gasteiger partial charge in [0, 0.05) is 23.9 Å². The molecule has 1 heterocycles. The van der Waals surface area contributed by atoms with Crippen molar-refractivity contribution in [3.8, 4) is 17.0 Å². The largest absolute Gasteiger partial charge is 0.481 e. The first-order chi connectivity index (χ1) is 8.20. The molecule has 0 spiro atoms. The molecular formula is C14H16N2O. The van der Waals surface area contributed by atoms with Crippen LogP contribution in [-0.4, -0.2) is 12.1 Å². The highest BCUT2D eigenvalue weighted by Crippen LogP contribution is 2.23. The highest BCUT2D eigenvalue weighted by Gasteiger charge is 2.03. The summed E-state index contributed by atoms with van der Waals surface area (Å²) in [5.41, 5.74) is 9.18. The van der Waals surface area contributed by atoms with Crippen molar-refractivity contribution in [3.05, 3.63) is 48.2 Å². The van der Waals surface area contributed by atoms with Gasteiger partial charge in [-0.1, -0.05) is 18.2 Å². The molecule has 0 aliphatic rings. The fraction of sp³-hybridized carbons (Fsp3) is 0.214. The Labute approximate surface area is 101 Å². The van der Waals surface area contributed by atoms with Crippen molar-refractivity contribution in [1.82, 2.24) is 4.98 Å². The summed E-state index contributed by atoms with van der Waals surface area (Å²) in [4.78, 5) is 4.19. The van der Waals surface area contributed by atoms with Crippen molar-refractivity contribution >= 4 is 0 Å². The first-order valence-electron chi connectivity index (χ1n) is 5.56. The number of aromatic nitrogens is 1. The molecule has 0 unspecified atom stereocenters.